The van der Waals surface area contributed by atoms with E-state index < -0.39 is 0 Å². The Kier molecular flexibility index (Phi) is 6.22. The van der Waals surface area contributed by atoms with Crippen molar-refractivity contribution in [2.45, 2.75) is 20.4 Å². The van der Waals surface area contributed by atoms with Crippen LogP contribution in [0.1, 0.15) is 38.8 Å². The van der Waals surface area contributed by atoms with Crippen LogP contribution in [-0.2, 0) is 6.54 Å². The van der Waals surface area contributed by atoms with Crippen LogP contribution in [0.2, 0.25) is 0 Å². The maximum atomic E-state index is 12.8. The Morgan fingerprint density at radius 1 is 0.821 bits per heavy atom. The molecule has 0 saturated carbocycles. The van der Waals surface area contributed by atoms with Crippen molar-refractivity contribution >= 4 is 17.5 Å². The van der Waals surface area contributed by atoms with Gasteiger partial charge in [-0.1, -0.05) is 42.5 Å². The minimum absolute atomic E-state index is 0.0828. The predicted molar refractivity (Wildman–Crippen MR) is 113 cm³/mol. The second-order valence-corrected chi connectivity index (χ2v) is 6.57. The SMILES string of the molecule is CCN(C(=O)c1ccc(C(=O)NCc2ccccc2C)cc1)c1ccccc1. The van der Waals surface area contributed by atoms with Gasteiger partial charge < -0.3 is 10.2 Å². The Balaban J connectivity index is 1.68. The number of hydrogen-bond acceptors (Lipinski definition) is 2. The van der Waals surface area contributed by atoms with Crippen molar-refractivity contribution in [3.8, 4) is 0 Å². The number of amides is 2. The Bertz CT molecular complexity index is 950. The molecule has 4 heteroatoms. The van der Waals surface area contributed by atoms with Gasteiger partial charge in [-0.2, -0.15) is 0 Å². The molecule has 4 nitrogen and oxygen atoms in total. The van der Waals surface area contributed by atoms with Gasteiger partial charge in [0.05, 0.1) is 0 Å². The third-order valence-corrected chi connectivity index (χ3v) is 4.72. The Morgan fingerprint density at radius 2 is 1.43 bits per heavy atom. The van der Waals surface area contributed by atoms with Gasteiger partial charge in [0.15, 0.2) is 0 Å². The average Bonchev–Trinajstić information content (AvgIpc) is 2.74. The molecule has 3 aromatic rings. The number of carbonyl (C=O) groups excluding carboxylic acids is 2. The van der Waals surface area contributed by atoms with Gasteiger partial charge >= 0.3 is 0 Å². The number of para-hydroxylation sites is 1. The second kappa shape index (κ2) is 9.00. The van der Waals surface area contributed by atoms with E-state index >= 15 is 0 Å². The van der Waals surface area contributed by atoms with E-state index in [9.17, 15) is 9.59 Å². The van der Waals surface area contributed by atoms with Gasteiger partial charge in [0.25, 0.3) is 11.8 Å². The molecule has 0 unspecified atom stereocenters. The first-order valence-electron chi connectivity index (χ1n) is 9.40. The monoisotopic (exact) mass is 372 g/mol. The van der Waals surface area contributed by atoms with Gasteiger partial charge in [0, 0.05) is 29.9 Å². The highest BCUT2D eigenvalue weighted by Gasteiger charge is 2.16. The molecule has 0 heterocycles. The fourth-order valence-corrected chi connectivity index (χ4v) is 3.06. The predicted octanol–water partition coefficient (Wildman–Crippen LogP) is 4.59. The largest absolute Gasteiger partial charge is 0.348 e. The number of anilines is 1. The average molecular weight is 372 g/mol. The van der Waals surface area contributed by atoms with Crippen molar-refractivity contribution in [3.63, 3.8) is 0 Å². The van der Waals surface area contributed by atoms with Crippen LogP contribution in [0.25, 0.3) is 0 Å². The van der Waals surface area contributed by atoms with E-state index in [-0.39, 0.29) is 11.8 Å². The molecule has 3 rings (SSSR count). The molecule has 1 N–H and O–H groups in total. The van der Waals surface area contributed by atoms with Gasteiger partial charge in [-0.05, 0) is 61.4 Å². The van der Waals surface area contributed by atoms with Gasteiger partial charge in [-0.3, -0.25) is 9.59 Å². The van der Waals surface area contributed by atoms with Gasteiger partial charge in [0.2, 0.25) is 0 Å². The molecular formula is C24H24N2O2. The molecule has 0 aliphatic carbocycles. The summed E-state index contributed by atoms with van der Waals surface area (Å²) in [5.41, 5.74) is 4.18. The number of hydrogen-bond donors (Lipinski definition) is 1. The minimum Gasteiger partial charge on any atom is -0.348 e. The summed E-state index contributed by atoms with van der Waals surface area (Å²) in [6.45, 7) is 5.01. The quantitative estimate of drug-likeness (QED) is 0.688. The molecule has 0 aliphatic rings. The summed E-state index contributed by atoms with van der Waals surface area (Å²) < 4.78 is 0. The van der Waals surface area contributed by atoms with Crippen LogP contribution in [0.5, 0.6) is 0 Å². The molecule has 0 spiro atoms. The maximum Gasteiger partial charge on any atom is 0.258 e. The Labute approximate surface area is 165 Å². The molecule has 0 saturated heterocycles. The molecule has 0 atom stereocenters. The highest BCUT2D eigenvalue weighted by atomic mass is 16.2. The highest BCUT2D eigenvalue weighted by molar-refractivity contribution is 6.06. The fraction of sp³-hybridized carbons (Fsp3) is 0.167. The lowest BCUT2D eigenvalue weighted by Crippen LogP contribution is -2.30. The van der Waals surface area contributed by atoms with E-state index in [4.69, 9.17) is 0 Å². The molecule has 142 valence electrons. The molecule has 0 aliphatic heterocycles. The Hall–Kier alpha value is -3.40. The number of carbonyl (C=O) groups is 2. The van der Waals surface area contributed by atoms with E-state index in [1.54, 1.807) is 29.2 Å². The van der Waals surface area contributed by atoms with Crippen molar-refractivity contribution in [1.29, 1.82) is 0 Å². The normalized spacial score (nSPS) is 10.4. The zero-order valence-corrected chi connectivity index (χ0v) is 16.2. The topological polar surface area (TPSA) is 49.4 Å². The van der Waals surface area contributed by atoms with Crippen LogP contribution in [-0.4, -0.2) is 18.4 Å². The standard InChI is InChI=1S/C24H24N2O2/c1-3-26(22-11-5-4-6-12-22)24(28)20-15-13-19(14-16-20)23(27)25-17-21-10-8-7-9-18(21)2/h4-16H,3,17H2,1-2H3,(H,25,27). The smallest absolute Gasteiger partial charge is 0.258 e. The van der Waals surface area contributed by atoms with Crippen LogP contribution in [0.15, 0.2) is 78.9 Å². The summed E-state index contributed by atoms with van der Waals surface area (Å²) in [7, 11) is 0. The van der Waals surface area contributed by atoms with Gasteiger partial charge in [0.1, 0.15) is 0 Å². The third kappa shape index (κ3) is 4.46. The Morgan fingerprint density at radius 3 is 2.07 bits per heavy atom. The van der Waals surface area contributed by atoms with E-state index in [0.717, 1.165) is 16.8 Å². The summed E-state index contributed by atoms with van der Waals surface area (Å²) in [4.78, 5) is 27.0. The first-order chi connectivity index (χ1) is 13.6. The first kappa shape index (κ1) is 19.4. The van der Waals surface area contributed by atoms with Gasteiger partial charge in [-0.25, -0.2) is 0 Å². The second-order valence-electron chi connectivity index (χ2n) is 6.57. The molecule has 28 heavy (non-hydrogen) atoms. The van der Waals surface area contributed by atoms with E-state index in [2.05, 4.69) is 5.32 Å². The highest BCUT2D eigenvalue weighted by Crippen LogP contribution is 2.17. The van der Waals surface area contributed by atoms with Crippen LogP contribution in [0, 0.1) is 6.92 Å². The van der Waals surface area contributed by atoms with Crippen LogP contribution in [0.4, 0.5) is 5.69 Å². The summed E-state index contributed by atoms with van der Waals surface area (Å²) in [6, 6.07) is 24.3. The lowest BCUT2D eigenvalue weighted by Gasteiger charge is -2.21. The number of nitrogens with one attached hydrogen (secondary N) is 1. The van der Waals surface area contributed by atoms with E-state index in [1.807, 2.05) is 68.4 Å². The third-order valence-electron chi connectivity index (χ3n) is 4.72. The first-order valence-corrected chi connectivity index (χ1v) is 9.40. The molecule has 0 radical (unpaired) electrons. The number of nitrogens with zero attached hydrogens (tertiary/aromatic N) is 1. The van der Waals surface area contributed by atoms with E-state index in [0.29, 0.717) is 24.2 Å². The number of benzene rings is 3. The molecule has 0 aromatic heterocycles. The zero-order valence-electron chi connectivity index (χ0n) is 16.2. The van der Waals surface area contributed by atoms with Crippen molar-refractivity contribution in [2.75, 3.05) is 11.4 Å². The van der Waals surface area contributed by atoms with Gasteiger partial charge in [-0.15, -0.1) is 0 Å². The van der Waals surface area contributed by atoms with Crippen molar-refractivity contribution in [3.05, 3.63) is 101 Å². The number of aryl methyl sites for hydroxylation is 1. The van der Waals surface area contributed by atoms with Crippen molar-refractivity contribution < 1.29 is 9.59 Å². The summed E-state index contributed by atoms with van der Waals surface area (Å²) in [5, 5.41) is 2.93. The van der Waals surface area contributed by atoms with Crippen LogP contribution < -0.4 is 10.2 Å². The van der Waals surface area contributed by atoms with Crippen LogP contribution >= 0.6 is 0 Å². The zero-order chi connectivity index (χ0) is 19.9. The molecule has 0 bridgehead atoms. The molecule has 2 amide bonds. The fourth-order valence-electron chi connectivity index (χ4n) is 3.06. The lowest BCUT2D eigenvalue weighted by atomic mass is 10.1. The lowest BCUT2D eigenvalue weighted by molar-refractivity contribution is 0.0947. The molecular weight excluding hydrogens is 348 g/mol. The summed E-state index contributed by atoms with van der Waals surface area (Å²) >= 11 is 0. The molecule has 0 fully saturated rings. The maximum absolute atomic E-state index is 12.8. The number of rotatable bonds is 6. The van der Waals surface area contributed by atoms with Crippen molar-refractivity contribution in [2.24, 2.45) is 0 Å². The summed E-state index contributed by atoms with van der Waals surface area (Å²) in [5.74, 6) is -0.238. The van der Waals surface area contributed by atoms with Crippen LogP contribution in [0.3, 0.4) is 0 Å². The minimum atomic E-state index is -0.155. The van der Waals surface area contributed by atoms with E-state index in [1.165, 1.54) is 0 Å². The van der Waals surface area contributed by atoms with Crippen molar-refractivity contribution in [1.82, 2.24) is 5.32 Å². The molecule has 3 aromatic carbocycles. The summed E-state index contributed by atoms with van der Waals surface area (Å²) in [6.07, 6.45) is 0.